The van der Waals surface area contributed by atoms with Crippen LogP contribution in [0.1, 0.15) is 52.4 Å². The summed E-state index contributed by atoms with van der Waals surface area (Å²) in [5, 5.41) is 3.78. The van der Waals surface area contributed by atoms with Crippen LogP contribution in [-0.4, -0.2) is 49.3 Å². The van der Waals surface area contributed by atoms with Crippen molar-refractivity contribution in [2.75, 3.05) is 32.8 Å². The van der Waals surface area contributed by atoms with Crippen molar-refractivity contribution in [3.05, 3.63) is 0 Å². The molecule has 0 amide bonds. The van der Waals surface area contributed by atoms with E-state index in [4.69, 9.17) is 4.74 Å². The zero-order valence-corrected chi connectivity index (χ0v) is 12.2. The Kier molecular flexibility index (Phi) is 5.46. The third kappa shape index (κ3) is 2.89. The highest BCUT2D eigenvalue weighted by Gasteiger charge is 2.45. The van der Waals surface area contributed by atoms with Crippen molar-refractivity contribution in [3.8, 4) is 0 Å². The molecule has 106 valence electrons. The first kappa shape index (κ1) is 14.3. The van der Waals surface area contributed by atoms with Crippen molar-refractivity contribution in [1.82, 2.24) is 10.2 Å². The molecule has 3 heteroatoms. The van der Waals surface area contributed by atoms with E-state index in [9.17, 15) is 0 Å². The van der Waals surface area contributed by atoms with Gasteiger partial charge in [0.2, 0.25) is 0 Å². The summed E-state index contributed by atoms with van der Waals surface area (Å²) in [7, 11) is 0. The van der Waals surface area contributed by atoms with Crippen LogP contribution in [0, 0.1) is 0 Å². The first-order valence-corrected chi connectivity index (χ1v) is 7.89. The summed E-state index contributed by atoms with van der Waals surface area (Å²) in [6.45, 7) is 9.75. The summed E-state index contributed by atoms with van der Waals surface area (Å²) in [6.07, 6.45) is 8.16. The number of ether oxygens (including phenoxy) is 1. The normalized spacial score (nSPS) is 26.3. The van der Waals surface area contributed by atoms with Gasteiger partial charge in [-0.2, -0.15) is 0 Å². The van der Waals surface area contributed by atoms with E-state index in [1.165, 1.54) is 38.5 Å². The number of hydrogen-bond acceptors (Lipinski definition) is 3. The average molecular weight is 254 g/mol. The van der Waals surface area contributed by atoms with Gasteiger partial charge in [0.1, 0.15) is 0 Å². The molecular weight excluding hydrogens is 224 g/mol. The number of morpholine rings is 1. The molecule has 18 heavy (non-hydrogen) atoms. The SMILES string of the molecule is CCCC(NCC)C1(N2CCOCC2)CCCC1. The molecule has 1 aliphatic heterocycles. The van der Waals surface area contributed by atoms with E-state index in [-0.39, 0.29) is 0 Å². The van der Waals surface area contributed by atoms with Crippen LogP contribution in [0.15, 0.2) is 0 Å². The molecule has 0 aromatic carbocycles. The fourth-order valence-electron chi connectivity index (χ4n) is 3.98. The van der Waals surface area contributed by atoms with Crippen LogP contribution in [0.5, 0.6) is 0 Å². The number of nitrogens with one attached hydrogen (secondary N) is 1. The Morgan fingerprint density at radius 2 is 1.83 bits per heavy atom. The van der Waals surface area contributed by atoms with Crippen LogP contribution in [0.4, 0.5) is 0 Å². The van der Waals surface area contributed by atoms with Gasteiger partial charge in [-0.15, -0.1) is 0 Å². The van der Waals surface area contributed by atoms with Crippen LogP contribution in [0.2, 0.25) is 0 Å². The number of likely N-dealkylation sites (N-methyl/N-ethyl adjacent to an activating group) is 1. The van der Waals surface area contributed by atoms with E-state index in [1.807, 2.05) is 0 Å². The van der Waals surface area contributed by atoms with Gasteiger partial charge >= 0.3 is 0 Å². The molecule has 1 unspecified atom stereocenters. The van der Waals surface area contributed by atoms with E-state index in [1.54, 1.807) is 0 Å². The van der Waals surface area contributed by atoms with Crippen molar-refractivity contribution < 1.29 is 4.74 Å². The highest BCUT2D eigenvalue weighted by Crippen LogP contribution is 2.40. The lowest BCUT2D eigenvalue weighted by atomic mass is 9.83. The van der Waals surface area contributed by atoms with E-state index in [2.05, 4.69) is 24.1 Å². The molecule has 0 spiro atoms. The van der Waals surface area contributed by atoms with Gasteiger partial charge < -0.3 is 10.1 Å². The summed E-state index contributed by atoms with van der Waals surface area (Å²) < 4.78 is 5.54. The number of hydrogen-bond donors (Lipinski definition) is 1. The molecule has 2 rings (SSSR count). The van der Waals surface area contributed by atoms with Crippen molar-refractivity contribution in [2.24, 2.45) is 0 Å². The van der Waals surface area contributed by atoms with Crippen molar-refractivity contribution in [2.45, 2.75) is 64.0 Å². The minimum atomic E-state index is 0.426. The van der Waals surface area contributed by atoms with Gasteiger partial charge in [-0.05, 0) is 25.8 Å². The zero-order chi connectivity index (χ0) is 12.8. The lowest BCUT2D eigenvalue weighted by Gasteiger charge is -2.48. The molecule has 0 aromatic rings. The highest BCUT2D eigenvalue weighted by molar-refractivity contribution is 5.03. The third-order valence-corrected chi connectivity index (χ3v) is 4.79. The molecule has 1 aliphatic carbocycles. The van der Waals surface area contributed by atoms with Crippen LogP contribution in [0.25, 0.3) is 0 Å². The molecule has 0 radical (unpaired) electrons. The molecule has 1 heterocycles. The van der Waals surface area contributed by atoms with Gasteiger partial charge in [-0.25, -0.2) is 0 Å². The first-order valence-electron chi connectivity index (χ1n) is 7.89. The smallest absolute Gasteiger partial charge is 0.0594 e. The molecule has 1 saturated carbocycles. The molecule has 2 fully saturated rings. The van der Waals surface area contributed by atoms with Crippen LogP contribution < -0.4 is 5.32 Å². The molecule has 1 saturated heterocycles. The summed E-state index contributed by atoms with van der Waals surface area (Å²) in [5.41, 5.74) is 0.426. The predicted octanol–water partition coefficient (Wildman–Crippen LogP) is 2.41. The van der Waals surface area contributed by atoms with Gasteiger partial charge in [0, 0.05) is 24.7 Å². The molecule has 3 nitrogen and oxygen atoms in total. The Labute approximate surface area is 112 Å². The second kappa shape index (κ2) is 6.88. The van der Waals surface area contributed by atoms with Gasteiger partial charge in [-0.1, -0.05) is 33.1 Å². The van der Waals surface area contributed by atoms with Gasteiger partial charge in [0.15, 0.2) is 0 Å². The Balaban J connectivity index is 2.12. The second-order valence-corrected chi connectivity index (χ2v) is 5.81. The van der Waals surface area contributed by atoms with E-state index in [0.29, 0.717) is 11.6 Å². The third-order valence-electron chi connectivity index (χ3n) is 4.79. The summed E-state index contributed by atoms with van der Waals surface area (Å²) in [4.78, 5) is 2.74. The zero-order valence-electron chi connectivity index (χ0n) is 12.2. The lowest BCUT2D eigenvalue weighted by molar-refractivity contribution is -0.0367. The van der Waals surface area contributed by atoms with Crippen molar-refractivity contribution >= 4 is 0 Å². The standard InChI is InChI=1S/C15H30N2O/c1-3-7-14(16-4-2)15(8-5-6-9-15)17-10-12-18-13-11-17/h14,16H,3-13H2,1-2H3. The number of nitrogens with zero attached hydrogens (tertiary/aromatic N) is 1. The fourth-order valence-corrected chi connectivity index (χ4v) is 3.98. The van der Waals surface area contributed by atoms with Crippen LogP contribution >= 0.6 is 0 Å². The van der Waals surface area contributed by atoms with Gasteiger partial charge in [0.25, 0.3) is 0 Å². The summed E-state index contributed by atoms with van der Waals surface area (Å²) in [6, 6.07) is 0.674. The Bertz CT molecular complexity index is 227. The fraction of sp³-hybridized carbons (Fsp3) is 1.00. The molecule has 1 atom stereocenters. The van der Waals surface area contributed by atoms with Crippen molar-refractivity contribution in [3.63, 3.8) is 0 Å². The van der Waals surface area contributed by atoms with E-state index < -0.39 is 0 Å². The predicted molar refractivity (Wildman–Crippen MR) is 76.0 cm³/mol. The summed E-state index contributed by atoms with van der Waals surface area (Å²) in [5.74, 6) is 0. The number of rotatable bonds is 6. The van der Waals surface area contributed by atoms with Gasteiger partial charge in [-0.3, -0.25) is 4.90 Å². The largest absolute Gasteiger partial charge is 0.379 e. The quantitative estimate of drug-likeness (QED) is 0.788. The second-order valence-electron chi connectivity index (χ2n) is 5.81. The molecule has 0 aromatic heterocycles. The maximum absolute atomic E-state index is 5.54. The first-order chi connectivity index (χ1) is 8.83. The minimum Gasteiger partial charge on any atom is -0.379 e. The molecule has 2 aliphatic rings. The highest BCUT2D eigenvalue weighted by atomic mass is 16.5. The summed E-state index contributed by atoms with van der Waals surface area (Å²) >= 11 is 0. The topological polar surface area (TPSA) is 24.5 Å². The monoisotopic (exact) mass is 254 g/mol. The molecular formula is C15H30N2O. The van der Waals surface area contributed by atoms with Gasteiger partial charge in [0.05, 0.1) is 13.2 Å². The average Bonchev–Trinajstić information content (AvgIpc) is 2.90. The maximum atomic E-state index is 5.54. The van der Waals surface area contributed by atoms with Crippen molar-refractivity contribution in [1.29, 1.82) is 0 Å². The Morgan fingerprint density at radius 1 is 1.17 bits per heavy atom. The molecule has 0 bridgehead atoms. The van der Waals surface area contributed by atoms with E-state index >= 15 is 0 Å². The Morgan fingerprint density at radius 3 is 2.39 bits per heavy atom. The maximum Gasteiger partial charge on any atom is 0.0594 e. The van der Waals surface area contributed by atoms with E-state index in [0.717, 1.165) is 32.8 Å². The van der Waals surface area contributed by atoms with Crippen LogP contribution in [0.3, 0.4) is 0 Å². The Hall–Kier alpha value is -0.120. The molecule has 1 N–H and O–H groups in total. The van der Waals surface area contributed by atoms with Crippen LogP contribution in [-0.2, 0) is 4.74 Å². The lowest BCUT2D eigenvalue weighted by Crippen LogP contribution is -2.62. The minimum absolute atomic E-state index is 0.426.